The number of nitrogens with zero attached hydrogens (tertiary/aromatic N) is 1. The monoisotopic (exact) mass is 325 g/mol. The summed E-state index contributed by atoms with van der Waals surface area (Å²) in [4.78, 5) is 7.66. The lowest BCUT2D eigenvalue weighted by Crippen LogP contribution is -2.18. The normalized spacial score (nSPS) is 12.6. The van der Waals surface area contributed by atoms with Gasteiger partial charge in [0.2, 0.25) is 0 Å². The quantitative estimate of drug-likeness (QED) is 0.759. The summed E-state index contributed by atoms with van der Waals surface area (Å²) in [5.74, 6) is 0.967. The summed E-state index contributed by atoms with van der Waals surface area (Å²) >= 11 is 12.2. The van der Waals surface area contributed by atoms with E-state index in [0.717, 1.165) is 41.4 Å². The van der Waals surface area contributed by atoms with E-state index in [4.69, 9.17) is 23.2 Å². The molecule has 1 heterocycles. The summed E-state index contributed by atoms with van der Waals surface area (Å²) in [6.07, 6.45) is 3.22. The molecule has 2 aromatic rings. The molecule has 21 heavy (non-hydrogen) atoms. The number of hydrogen-bond acceptors (Lipinski definition) is 2. The number of benzene rings is 1. The van der Waals surface area contributed by atoms with Crippen molar-refractivity contribution in [2.75, 3.05) is 0 Å². The van der Waals surface area contributed by atoms with E-state index in [2.05, 4.69) is 35.2 Å². The smallest absolute Gasteiger partial charge is 0.151 e. The van der Waals surface area contributed by atoms with Gasteiger partial charge in [0.1, 0.15) is 5.82 Å². The lowest BCUT2D eigenvalue weighted by atomic mass is 10.1. The van der Waals surface area contributed by atoms with Crippen LogP contribution in [-0.2, 0) is 13.0 Å². The van der Waals surface area contributed by atoms with E-state index >= 15 is 0 Å². The molecule has 0 radical (unpaired) electrons. The van der Waals surface area contributed by atoms with Gasteiger partial charge in [-0.25, -0.2) is 4.98 Å². The molecule has 5 heteroatoms. The number of H-pyrrole nitrogens is 1. The third-order valence-electron chi connectivity index (χ3n) is 3.48. The molecule has 0 spiro atoms. The molecule has 0 amide bonds. The lowest BCUT2D eigenvalue weighted by Gasteiger charge is -2.14. The van der Waals surface area contributed by atoms with Crippen molar-refractivity contribution in [3.8, 4) is 0 Å². The number of aromatic amines is 1. The van der Waals surface area contributed by atoms with Gasteiger partial charge in [0.25, 0.3) is 0 Å². The largest absolute Gasteiger partial charge is 0.344 e. The van der Waals surface area contributed by atoms with E-state index in [-0.39, 0.29) is 6.04 Å². The van der Waals surface area contributed by atoms with Crippen molar-refractivity contribution in [3.63, 3.8) is 0 Å². The van der Waals surface area contributed by atoms with Crippen LogP contribution in [-0.4, -0.2) is 9.97 Å². The minimum atomic E-state index is 0.196. The second kappa shape index (κ2) is 7.83. The number of halogens is 2. The fourth-order valence-corrected chi connectivity index (χ4v) is 2.58. The SMILES string of the molecule is CCCCc1nc(Cl)c(CN[C@@H](C)c2cccc(Cl)c2)[nH]1. The maximum absolute atomic E-state index is 6.18. The van der Waals surface area contributed by atoms with Gasteiger partial charge in [-0.05, 0) is 31.0 Å². The van der Waals surface area contributed by atoms with Crippen molar-refractivity contribution < 1.29 is 0 Å². The van der Waals surface area contributed by atoms with Gasteiger partial charge in [0.05, 0.1) is 5.69 Å². The summed E-state index contributed by atoms with van der Waals surface area (Å²) in [6.45, 7) is 4.93. The van der Waals surface area contributed by atoms with E-state index < -0.39 is 0 Å². The first-order valence-corrected chi connectivity index (χ1v) is 8.07. The first kappa shape index (κ1) is 16.3. The maximum Gasteiger partial charge on any atom is 0.151 e. The van der Waals surface area contributed by atoms with Gasteiger partial charge >= 0.3 is 0 Å². The van der Waals surface area contributed by atoms with Crippen molar-refractivity contribution in [2.24, 2.45) is 0 Å². The topological polar surface area (TPSA) is 40.7 Å². The molecule has 0 aliphatic heterocycles. The third-order valence-corrected chi connectivity index (χ3v) is 4.03. The van der Waals surface area contributed by atoms with Gasteiger partial charge in [0.15, 0.2) is 5.15 Å². The zero-order valence-corrected chi connectivity index (χ0v) is 13.9. The minimum absolute atomic E-state index is 0.196. The van der Waals surface area contributed by atoms with Gasteiger partial charge in [0, 0.05) is 24.0 Å². The van der Waals surface area contributed by atoms with E-state index in [1.54, 1.807) is 0 Å². The number of aryl methyl sites for hydroxylation is 1. The van der Waals surface area contributed by atoms with Gasteiger partial charge < -0.3 is 10.3 Å². The number of rotatable bonds is 7. The van der Waals surface area contributed by atoms with Crippen LogP contribution in [0.15, 0.2) is 24.3 Å². The second-order valence-electron chi connectivity index (χ2n) is 5.21. The Morgan fingerprint density at radius 3 is 2.86 bits per heavy atom. The third kappa shape index (κ3) is 4.73. The lowest BCUT2D eigenvalue weighted by molar-refractivity contribution is 0.568. The highest BCUT2D eigenvalue weighted by Crippen LogP contribution is 2.19. The Balaban J connectivity index is 1.94. The highest BCUT2D eigenvalue weighted by Gasteiger charge is 2.10. The van der Waals surface area contributed by atoms with Crippen molar-refractivity contribution in [2.45, 2.75) is 45.7 Å². The van der Waals surface area contributed by atoms with Crippen LogP contribution in [0.1, 0.15) is 49.8 Å². The van der Waals surface area contributed by atoms with Gasteiger partial charge in [-0.1, -0.05) is 48.7 Å². The van der Waals surface area contributed by atoms with Crippen LogP contribution in [0, 0.1) is 0 Å². The highest BCUT2D eigenvalue weighted by molar-refractivity contribution is 6.30. The summed E-state index contributed by atoms with van der Waals surface area (Å²) in [7, 11) is 0. The summed E-state index contributed by atoms with van der Waals surface area (Å²) in [5, 5.41) is 4.75. The number of nitrogens with one attached hydrogen (secondary N) is 2. The molecule has 0 aliphatic rings. The molecule has 2 rings (SSSR count). The van der Waals surface area contributed by atoms with Gasteiger partial charge in [-0.15, -0.1) is 0 Å². The van der Waals surface area contributed by atoms with Crippen molar-refractivity contribution >= 4 is 23.2 Å². The molecule has 0 aliphatic carbocycles. The van der Waals surface area contributed by atoms with Crippen molar-refractivity contribution in [1.29, 1.82) is 0 Å². The molecule has 0 saturated heterocycles. The Morgan fingerprint density at radius 1 is 1.33 bits per heavy atom. The molecule has 114 valence electrons. The Labute approximate surface area is 136 Å². The molecule has 3 nitrogen and oxygen atoms in total. The summed E-state index contributed by atoms with van der Waals surface area (Å²) in [5.41, 5.74) is 2.10. The fraction of sp³-hybridized carbons (Fsp3) is 0.438. The Morgan fingerprint density at radius 2 is 2.14 bits per heavy atom. The van der Waals surface area contributed by atoms with Crippen molar-refractivity contribution in [3.05, 3.63) is 51.5 Å². The van der Waals surface area contributed by atoms with E-state index in [1.807, 2.05) is 18.2 Å². The molecule has 0 unspecified atom stereocenters. The van der Waals surface area contributed by atoms with Crippen LogP contribution in [0.3, 0.4) is 0 Å². The molecule has 0 saturated carbocycles. The molecule has 0 bridgehead atoms. The Bertz CT molecular complexity index is 581. The number of unbranched alkanes of at least 4 members (excludes halogenated alkanes) is 1. The van der Waals surface area contributed by atoms with Crippen molar-refractivity contribution in [1.82, 2.24) is 15.3 Å². The van der Waals surface area contributed by atoms with E-state index in [0.29, 0.717) is 11.7 Å². The van der Waals surface area contributed by atoms with Crippen LogP contribution in [0.25, 0.3) is 0 Å². The number of imidazole rings is 1. The summed E-state index contributed by atoms with van der Waals surface area (Å²) in [6, 6.07) is 8.07. The molecule has 1 aromatic carbocycles. The van der Waals surface area contributed by atoms with Gasteiger partial charge in [-0.3, -0.25) is 0 Å². The molecular weight excluding hydrogens is 305 g/mol. The predicted octanol–water partition coefficient (Wildman–Crippen LogP) is 4.91. The molecule has 2 N–H and O–H groups in total. The van der Waals surface area contributed by atoms with Crippen LogP contribution in [0.5, 0.6) is 0 Å². The zero-order valence-electron chi connectivity index (χ0n) is 12.4. The van der Waals surface area contributed by atoms with Crippen LogP contribution >= 0.6 is 23.2 Å². The van der Waals surface area contributed by atoms with E-state index in [9.17, 15) is 0 Å². The van der Waals surface area contributed by atoms with Crippen LogP contribution < -0.4 is 5.32 Å². The molecule has 1 atom stereocenters. The zero-order chi connectivity index (χ0) is 15.2. The average molecular weight is 326 g/mol. The molecular formula is C16H21Cl2N3. The first-order valence-electron chi connectivity index (χ1n) is 7.32. The molecule has 1 aromatic heterocycles. The fourth-order valence-electron chi connectivity index (χ4n) is 2.17. The molecule has 0 fully saturated rings. The summed E-state index contributed by atoms with van der Waals surface area (Å²) < 4.78 is 0. The first-order chi connectivity index (χ1) is 10.1. The van der Waals surface area contributed by atoms with Gasteiger partial charge in [-0.2, -0.15) is 0 Å². The van der Waals surface area contributed by atoms with E-state index in [1.165, 1.54) is 0 Å². The Kier molecular flexibility index (Phi) is 6.09. The minimum Gasteiger partial charge on any atom is -0.344 e. The van der Waals surface area contributed by atoms with Crippen LogP contribution in [0.2, 0.25) is 10.2 Å². The number of aromatic nitrogens is 2. The maximum atomic E-state index is 6.18. The predicted molar refractivity (Wildman–Crippen MR) is 88.9 cm³/mol. The second-order valence-corrected chi connectivity index (χ2v) is 6.01. The van der Waals surface area contributed by atoms with Crippen LogP contribution in [0.4, 0.5) is 0 Å². The number of hydrogen-bond donors (Lipinski definition) is 2. The standard InChI is InChI=1S/C16H21Cl2N3/c1-3-4-8-15-20-14(16(18)21-15)10-19-11(2)12-6-5-7-13(17)9-12/h5-7,9,11,19H,3-4,8,10H2,1-2H3,(H,20,21)/t11-/m0/s1. The Hall–Kier alpha value is -1.03. The average Bonchev–Trinajstić information content (AvgIpc) is 2.83. The highest BCUT2D eigenvalue weighted by atomic mass is 35.5.